The zero-order chi connectivity index (χ0) is 12.1. The van der Waals surface area contributed by atoms with Gasteiger partial charge in [-0.15, -0.1) is 0 Å². The number of hydrogen-bond acceptors (Lipinski definition) is 4. The van der Waals surface area contributed by atoms with Crippen LogP contribution in [0.2, 0.25) is 0 Å². The van der Waals surface area contributed by atoms with Crippen LogP contribution in [0, 0.1) is 11.8 Å². The quantitative estimate of drug-likeness (QED) is 0.806. The molecule has 4 nitrogen and oxygen atoms in total. The molecule has 0 bridgehead atoms. The van der Waals surface area contributed by atoms with Gasteiger partial charge in [-0.25, -0.2) is 0 Å². The highest BCUT2D eigenvalue weighted by molar-refractivity contribution is 4.90. The Hall–Kier alpha value is -0.900. The Bertz CT molecular complexity index is 307. The summed E-state index contributed by atoms with van der Waals surface area (Å²) in [7, 11) is 0. The predicted octanol–water partition coefficient (Wildman–Crippen LogP) is 2.18. The van der Waals surface area contributed by atoms with Crippen molar-refractivity contribution in [2.24, 2.45) is 17.6 Å². The number of rotatable bonds is 6. The van der Waals surface area contributed by atoms with E-state index in [0.29, 0.717) is 24.1 Å². The summed E-state index contributed by atoms with van der Waals surface area (Å²) in [6.45, 7) is 8.61. The summed E-state index contributed by atoms with van der Waals surface area (Å²) in [5.41, 5.74) is 5.99. The van der Waals surface area contributed by atoms with E-state index in [2.05, 4.69) is 37.8 Å². The van der Waals surface area contributed by atoms with Crippen molar-refractivity contribution in [3.8, 4) is 0 Å². The highest BCUT2D eigenvalue weighted by Gasteiger charge is 2.13. The smallest absolute Gasteiger partial charge is 0.228 e. The van der Waals surface area contributed by atoms with Gasteiger partial charge in [0, 0.05) is 18.9 Å². The summed E-state index contributed by atoms with van der Waals surface area (Å²) in [6.07, 6.45) is 2.54. The van der Waals surface area contributed by atoms with Gasteiger partial charge in [-0.2, -0.15) is 4.98 Å². The first-order chi connectivity index (χ1) is 7.47. The highest BCUT2D eigenvalue weighted by atomic mass is 16.5. The Labute approximate surface area is 97.6 Å². The summed E-state index contributed by atoms with van der Waals surface area (Å²) < 4.78 is 5.18. The Morgan fingerprint density at radius 1 is 1.12 bits per heavy atom. The largest absolute Gasteiger partial charge is 0.339 e. The third-order valence-electron chi connectivity index (χ3n) is 2.31. The van der Waals surface area contributed by atoms with Gasteiger partial charge < -0.3 is 10.3 Å². The Morgan fingerprint density at radius 3 is 2.38 bits per heavy atom. The Balaban J connectivity index is 2.45. The third-order valence-corrected chi connectivity index (χ3v) is 2.31. The van der Waals surface area contributed by atoms with E-state index in [0.717, 1.165) is 18.7 Å². The van der Waals surface area contributed by atoms with Crippen molar-refractivity contribution in [3.63, 3.8) is 0 Å². The number of nitrogens with two attached hydrogens (primary N) is 1. The summed E-state index contributed by atoms with van der Waals surface area (Å²) in [6, 6.07) is 0.118. The van der Waals surface area contributed by atoms with Crippen molar-refractivity contribution >= 4 is 0 Å². The maximum absolute atomic E-state index is 5.99. The average molecular weight is 225 g/mol. The fourth-order valence-electron chi connectivity index (χ4n) is 1.73. The predicted molar refractivity (Wildman–Crippen MR) is 64.0 cm³/mol. The summed E-state index contributed by atoms with van der Waals surface area (Å²) in [5.74, 6) is 2.62. The van der Waals surface area contributed by atoms with Gasteiger partial charge in [-0.05, 0) is 18.3 Å². The first-order valence-electron chi connectivity index (χ1n) is 6.04. The van der Waals surface area contributed by atoms with Gasteiger partial charge in [-0.1, -0.05) is 32.9 Å². The van der Waals surface area contributed by atoms with Gasteiger partial charge in [0.05, 0.1) is 0 Å². The van der Waals surface area contributed by atoms with E-state index in [1.165, 1.54) is 0 Å². The molecule has 0 amide bonds. The normalized spacial score (nSPS) is 13.7. The number of aromatic nitrogens is 2. The standard InChI is InChI=1S/C12H23N3O/c1-8(2)5-10(13)7-12-14-11(15-16-12)6-9(3)4/h8-10H,5-7,13H2,1-4H3. The number of nitrogens with zero attached hydrogens (tertiary/aromatic N) is 2. The van der Waals surface area contributed by atoms with Gasteiger partial charge in [-0.3, -0.25) is 0 Å². The van der Waals surface area contributed by atoms with Crippen LogP contribution in [0.25, 0.3) is 0 Å². The Kier molecular flexibility index (Phi) is 4.93. The molecular weight excluding hydrogens is 202 g/mol. The molecule has 1 rings (SSSR count). The highest BCUT2D eigenvalue weighted by Crippen LogP contribution is 2.09. The van der Waals surface area contributed by atoms with Crippen molar-refractivity contribution in [2.45, 2.75) is 53.0 Å². The lowest BCUT2D eigenvalue weighted by atomic mass is 10.0. The van der Waals surface area contributed by atoms with Crippen LogP contribution < -0.4 is 5.73 Å². The van der Waals surface area contributed by atoms with E-state index in [9.17, 15) is 0 Å². The second kappa shape index (κ2) is 5.99. The van der Waals surface area contributed by atoms with E-state index in [1.807, 2.05) is 0 Å². The first-order valence-corrected chi connectivity index (χ1v) is 6.04. The molecule has 1 aromatic heterocycles. The average Bonchev–Trinajstić information content (AvgIpc) is 2.49. The van der Waals surface area contributed by atoms with Gasteiger partial charge in [0.15, 0.2) is 5.82 Å². The summed E-state index contributed by atoms with van der Waals surface area (Å²) in [5, 5.41) is 3.95. The van der Waals surface area contributed by atoms with E-state index in [1.54, 1.807) is 0 Å². The maximum atomic E-state index is 5.99. The topological polar surface area (TPSA) is 64.9 Å². The molecule has 1 aromatic rings. The van der Waals surface area contributed by atoms with E-state index < -0.39 is 0 Å². The summed E-state index contributed by atoms with van der Waals surface area (Å²) in [4.78, 5) is 4.34. The maximum Gasteiger partial charge on any atom is 0.228 e. The van der Waals surface area contributed by atoms with Crippen LogP contribution in [0.1, 0.15) is 45.8 Å². The van der Waals surface area contributed by atoms with Crippen molar-refractivity contribution in [2.75, 3.05) is 0 Å². The zero-order valence-corrected chi connectivity index (χ0v) is 10.7. The molecule has 0 aromatic carbocycles. The lowest BCUT2D eigenvalue weighted by Gasteiger charge is -2.10. The van der Waals surface area contributed by atoms with Crippen LogP contribution in [0.5, 0.6) is 0 Å². The minimum absolute atomic E-state index is 0.118. The van der Waals surface area contributed by atoms with Gasteiger partial charge in [0.1, 0.15) is 0 Å². The van der Waals surface area contributed by atoms with E-state index in [4.69, 9.17) is 10.3 Å². The molecule has 0 aliphatic carbocycles. The minimum Gasteiger partial charge on any atom is -0.339 e. The zero-order valence-electron chi connectivity index (χ0n) is 10.7. The van der Waals surface area contributed by atoms with Gasteiger partial charge in [0.2, 0.25) is 5.89 Å². The fraction of sp³-hybridized carbons (Fsp3) is 0.833. The molecule has 0 saturated carbocycles. The van der Waals surface area contributed by atoms with Crippen molar-refractivity contribution in [1.29, 1.82) is 0 Å². The van der Waals surface area contributed by atoms with Gasteiger partial charge >= 0.3 is 0 Å². The summed E-state index contributed by atoms with van der Waals surface area (Å²) >= 11 is 0. The molecule has 1 atom stereocenters. The SMILES string of the molecule is CC(C)Cc1noc(CC(N)CC(C)C)n1. The van der Waals surface area contributed by atoms with Gasteiger partial charge in [0.25, 0.3) is 0 Å². The van der Waals surface area contributed by atoms with Crippen molar-refractivity contribution in [1.82, 2.24) is 10.1 Å². The van der Waals surface area contributed by atoms with Crippen LogP contribution in [-0.4, -0.2) is 16.2 Å². The molecule has 1 unspecified atom stereocenters. The fourth-order valence-corrected chi connectivity index (χ4v) is 1.73. The van der Waals surface area contributed by atoms with Crippen LogP contribution in [-0.2, 0) is 12.8 Å². The molecule has 0 spiro atoms. The second-order valence-electron chi connectivity index (χ2n) is 5.30. The third kappa shape index (κ3) is 4.75. The molecule has 0 aliphatic heterocycles. The van der Waals surface area contributed by atoms with Crippen LogP contribution >= 0.6 is 0 Å². The molecule has 0 fully saturated rings. The second-order valence-corrected chi connectivity index (χ2v) is 5.30. The molecule has 0 saturated heterocycles. The van der Waals surface area contributed by atoms with E-state index in [-0.39, 0.29) is 6.04 Å². The molecule has 92 valence electrons. The Morgan fingerprint density at radius 2 is 1.81 bits per heavy atom. The van der Waals surface area contributed by atoms with Crippen LogP contribution in [0.4, 0.5) is 0 Å². The monoisotopic (exact) mass is 225 g/mol. The van der Waals surface area contributed by atoms with Crippen molar-refractivity contribution in [3.05, 3.63) is 11.7 Å². The lowest BCUT2D eigenvalue weighted by molar-refractivity contribution is 0.353. The van der Waals surface area contributed by atoms with E-state index >= 15 is 0 Å². The molecule has 2 N–H and O–H groups in total. The lowest BCUT2D eigenvalue weighted by Crippen LogP contribution is -2.24. The minimum atomic E-state index is 0.118. The molecule has 0 radical (unpaired) electrons. The number of hydrogen-bond donors (Lipinski definition) is 1. The first kappa shape index (κ1) is 13.2. The molecule has 16 heavy (non-hydrogen) atoms. The van der Waals surface area contributed by atoms with Crippen molar-refractivity contribution < 1.29 is 4.52 Å². The molecule has 4 heteroatoms. The molecule has 1 heterocycles. The van der Waals surface area contributed by atoms with Crippen LogP contribution in [0.15, 0.2) is 4.52 Å². The molecule has 0 aliphatic rings. The molecular formula is C12H23N3O. The van der Waals surface area contributed by atoms with Crippen LogP contribution in [0.3, 0.4) is 0 Å².